The summed E-state index contributed by atoms with van der Waals surface area (Å²) in [5.74, 6) is 0. The Bertz CT molecular complexity index is 397. The Labute approximate surface area is 168 Å². The summed E-state index contributed by atoms with van der Waals surface area (Å²) in [6, 6.07) is 0. The van der Waals surface area contributed by atoms with Crippen molar-refractivity contribution in [2.45, 2.75) is 36.6 Å². The quantitative estimate of drug-likeness (QED) is 0.196. The molecule has 0 amide bonds. The second-order valence-corrected chi connectivity index (χ2v) is 6.34. The average molecular weight is 384 g/mol. The van der Waals surface area contributed by atoms with E-state index in [1.54, 1.807) is 0 Å². The molecule has 0 spiro atoms. The minimum atomic E-state index is -5.51. The molecule has 1 rings (SSSR count). The van der Waals surface area contributed by atoms with Crippen LogP contribution in [0.25, 0.3) is 0 Å². The molecule has 0 aromatic rings. The van der Waals surface area contributed by atoms with Crippen LogP contribution in [0.4, 0.5) is 0 Å². The Hall–Kier alpha value is 2.06. The van der Waals surface area contributed by atoms with Gasteiger partial charge in [0.05, 0.1) is 0 Å². The SMILES string of the molecule is O=P([O-])(O)O[C@@H]1[C@H](O)[C@@H](O)[C@H](O)[C@@H](O)[C@@H]1OP(=O)([O-])O.[Na+].[Na+]. The van der Waals surface area contributed by atoms with Gasteiger partial charge in [0.15, 0.2) is 0 Å². The van der Waals surface area contributed by atoms with Gasteiger partial charge in [0, 0.05) is 0 Å². The van der Waals surface area contributed by atoms with E-state index in [0.717, 1.165) is 0 Å². The van der Waals surface area contributed by atoms with Crippen molar-refractivity contribution in [1.82, 2.24) is 0 Å². The summed E-state index contributed by atoms with van der Waals surface area (Å²) in [6.45, 7) is 0. The smallest absolute Gasteiger partial charge is 0.756 e. The van der Waals surface area contributed by atoms with Crippen molar-refractivity contribution in [3.63, 3.8) is 0 Å². The van der Waals surface area contributed by atoms with Crippen LogP contribution in [0.5, 0.6) is 0 Å². The summed E-state index contributed by atoms with van der Waals surface area (Å²) in [5, 5.41) is 37.6. The van der Waals surface area contributed by atoms with Crippen LogP contribution in [0.15, 0.2) is 0 Å². The van der Waals surface area contributed by atoms with Gasteiger partial charge >= 0.3 is 59.1 Å². The first-order valence-electron chi connectivity index (χ1n) is 5.00. The van der Waals surface area contributed by atoms with E-state index in [2.05, 4.69) is 9.05 Å². The first-order valence-corrected chi connectivity index (χ1v) is 7.99. The van der Waals surface area contributed by atoms with E-state index in [9.17, 15) is 39.3 Å². The molecule has 12 nitrogen and oxygen atoms in total. The summed E-state index contributed by atoms with van der Waals surface area (Å²) in [7, 11) is -11.0. The van der Waals surface area contributed by atoms with Crippen LogP contribution in [-0.2, 0) is 18.2 Å². The normalized spacial score (nSPS) is 40.5. The van der Waals surface area contributed by atoms with Crippen LogP contribution in [-0.4, -0.2) is 66.8 Å². The van der Waals surface area contributed by atoms with Crippen molar-refractivity contribution in [1.29, 1.82) is 0 Å². The maximum Gasteiger partial charge on any atom is 1.00 e. The van der Waals surface area contributed by atoms with Gasteiger partial charge in [-0.15, -0.1) is 0 Å². The first kappa shape index (κ1) is 26.3. The number of phosphoric ester groups is 2. The largest absolute Gasteiger partial charge is 1.00 e. The minimum Gasteiger partial charge on any atom is -0.756 e. The molecule has 120 valence electrons. The van der Waals surface area contributed by atoms with E-state index in [4.69, 9.17) is 9.79 Å². The number of hydrogen-bond donors (Lipinski definition) is 6. The van der Waals surface area contributed by atoms with Crippen LogP contribution in [0.1, 0.15) is 0 Å². The average Bonchev–Trinajstić information content (AvgIpc) is 2.25. The number of rotatable bonds is 4. The zero-order valence-electron chi connectivity index (χ0n) is 11.5. The molecule has 8 atom stereocenters. The van der Waals surface area contributed by atoms with Gasteiger partial charge in [0.1, 0.15) is 36.6 Å². The maximum absolute atomic E-state index is 10.6. The summed E-state index contributed by atoms with van der Waals surface area (Å²) >= 11 is 0. The second kappa shape index (κ2) is 9.67. The van der Waals surface area contributed by atoms with Crippen molar-refractivity contribution in [3.05, 3.63) is 0 Å². The van der Waals surface area contributed by atoms with Gasteiger partial charge in [-0.25, -0.2) is 0 Å². The predicted octanol–water partition coefficient (Wildman–Crippen LogP) is -10.9. The van der Waals surface area contributed by atoms with Crippen LogP contribution < -0.4 is 68.9 Å². The van der Waals surface area contributed by atoms with Crippen molar-refractivity contribution in [2.75, 3.05) is 0 Å². The Balaban J connectivity index is 0. The van der Waals surface area contributed by atoms with E-state index in [1.165, 1.54) is 0 Å². The first-order chi connectivity index (χ1) is 8.83. The zero-order chi connectivity index (χ0) is 15.9. The Morgan fingerprint density at radius 1 is 0.682 bits per heavy atom. The number of phosphoric acid groups is 2. The molecule has 0 heterocycles. The van der Waals surface area contributed by atoms with Crippen molar-refractivity contribution < 1.29 is 117 Å². The fourth-order valence-electron chi connectivity index (χ4n) is 1.73. The minimum absolute atomic E-state index is 0. The number of aliphatic hydroxyl groups is 4. The molecule has 22 heavy (non-hydrogen) atoms. The molecular formula is C6H12Na2O12P2. The van der Waals surface area contributed by atoms with Gasteiger partial charge in [0.2, 0.25) is 0 Å². The van der Waals surface area contributed by atoms with Crippen LogP contribution in [0.3, 0.4) is 0 Å². The van der Waals surface area contributed by atoms with E-state index >= 15 is 0 Å². The number of aliphatic hydroxyl groups excluding tert-OH is 4. The molecule has 6 N–H and O–H groups in total. The van der Waals surface area contributed by atoms with Crippen LogP contribution in [0, 0.1) is 0 Å². The zero-order valence-corrected chi connectivity index (χ0v) is 17.3. The fraction of sp³-hybridized carbons (Fsp3) is 1.00. The van der Waals surface area contributed by atoms with Crippen molar-refractivity contribution >= 4 is 15.6 Å². The topological polar surface area (TPSA) is 220 Å². The van der Waals surface area contributed by atoms with Crippen LogP contribution in [0.2, 0.25) is 0 Å². The van der Waals surface area contributed by atoms with Crippen molar-refractivity contribution in [3.8, 4) is 0 Å². The molecule has 1 saturated carbocycles. The van der Waals surface area contributed by atoms with Gasteiger partial charge in [-0.05, 0) is 0 Å². The fourth-order valence-corrected chi connectivity index (χ4v) is 2.84. The summed E-state index contributed by atoms with van der Waals surface area (Å²) < 4.78 is 29.1. The predicted molar refractivity (Wildman–Crippen MR) is 53.4 cm³/mol. The summed E-state index contributed by atoms with van der Waals surface area (Å²) in [6.07, 6.45) is -13.3. The molecule has 1 aliphatic carbocycles. The van der Waals surface area contributed by atoms with Crippen molar-refractivity contribution in [2.24, 2.45) is 0 Å². The summed E-state index contributed by atoms with van der Waals surface area (Å²) in [5.41, 5.74) is 0. The molecule has 0 aliphatic heterocycles. The van der Waals surface area contributed by atoms with Gasteiger partial charge < -0.3 is 49.0 Å². The molecule has 0 radical (unpaired) electrons. The third kappa shape index (κ3) is 7.52. The molecule has 1 aliphatic rings. The molecule has 0 aromatic carbocycles. The number of hydrogen-bond acceptors (Lipinski definition) is 10. The molecule has 2 unspecified atom stereocenters. The van der Waals surface area contributed by atoms with Gasteiger partial charge in [-0.2, -0.15) is 0 Å². The van der Waals surface area contributed by atoms with E-state index in [-0.39, 0.29) is 59.1 Å². The van der Waals surface area contributed by atoms with Gasteiger partial charge in [0.25, 0.3) is 15.6 Å². The molecular weight excluding hydrogens is 372 g/mol. The van der Waals surface area contributed by atoms with Crippen LogP contribution >= 0.6 is 15.6 Å². The third-order valence-corrected chi connectivity index (χ3v) is 3.58. The molecule has 1 fully saturated rings. The van der Waals surface area contributed by atoms with Gasteiger partial charge in [-0.1, -0.05) is 0 Å². The van der Waals surface area contributed by atoms with E-state index in [1.807, 2.05) is 0 Å². The Morgan fingerprint density at radius 2 is 0.909 bits per heavy atom. The monoisotopic (exact) mass is 384 g/mol. The molecule has 16 heteroatoms. The van der Waals surface area contributed by atoms with E-state index < -0.39 is 52.3 Å². The summed E-state index contributed by atoms with van der Waals surface area (Å²) in [4.78, 5) is 38.3. The molecule has 0 saturated heterocycles. The maximum atomic E-state index is 10.6. The third-order valence-electron chi connectivity index (χ3n) is 2.56. The standard InChI is InChI=1S/C6H14O12P2.2Na/c7-1-2(8)4(10)6(18-20(14,15)16)5(3(1)9)17-19(11,12)13;;/h1-10H,(H2,11,12,13)(H2,14,15,16);;/q;2*+1/p-2/t1-,2-,3+,4+,5-,6+;;/m0../s1. The second-order valence-electron chi connectivity index (χ2n) is 4.04. The molecule has 0 aromatic heterocycles. The van der Waals surface area contributed by atoms with Gasteiger partial charge in [-0.3, -0.25) is 9.13 Å². The van der Waals surface area contributed by atoms with E-state index in [0.29, 0.717) is 0 Å². The Morgan fingerprint density at radius 3 is 1.09 bits per heavy atom. The Kier molecular flexibility index (Phi) is 11.6. The molecule has 0 bridgehead atoms.